The molecule has 0 spiro atoms. The first-order chi connectivity index (χ1) is 12.6. The molecule has 1 aliphatic heterocycles. The molecule has 0 bridgehead atoms. The molecule has 0 radical (unpaired) electrons. The summed E-state index contributed by atoms with van der Waals surface area (Å²) in [7, 11) is 0. The van der Waals surface area contributed by atoms with Gasteiger partial charge in [-0.3, -0.25) is 9.36 Å². The van der Waals surface area contributed by atoms with Crippen molar-refractivity contribution in [2.24, 2.45) is 0 Å². The molecule has 3 aromatic rings. The second-order valence-corrected chi connectivity index (χ2v) is 8.66. The summed E-state index contributed by atoms with van der Waals surface area (Å²) < 4.78 is 22.7. The normalized spacial score (nSPS) is 17.1. The minimum atomic E-state index is -0.485. The zero-order valence-corrected chi connectivity index (χ0v) is 16.3. The number of ether oxygens (including phenoxy) is 1. The maximum atomic E-state index is 14.4. The van der Waals surface area contributed by atoms with Crippen molar-refractivity contribution in [2.75, 3.05) is 13.2 Å². The Balaban J connectivity index is 1.53. The van der Waals surface area contributed by atoms with Gasteiger partial charge >= 0.3 is 0 Å². The van der Waals surface area contributed by atoms with Crippen molar-refractivity contribution >= 4 is 37.5 Å². The Bertz CT molecular complexity index is 998. The van der Waals surface area contributed by atoms with E-state index in [0.717, 1.165) is 23.2 Å². The van der Waals surface area contributed by atoms with E-state index in [4.69, 9.17) is 4.74 Å². The molecule has 8 heteroatoms. The third kappa shape index (κ3) is 3.54. The molecular weight excluding hydrogens is 421 g/mol. The Kier molecular flexibility index (Phi) is 5.06. The fourth-order valence-corrected chi connectivity index (χ4v) is 4.61. The summed E-state index contributed by atoms with van der Waals surface area (Å²) in [5.41, 5.74) is 0.839. The summed E-state index contributed by atoms with van der Waals surface area (Å²) in [6, 6.07) is 6.79. The molecule has 1 saturated heterocycles. The zero-order valence-electron chi connectivity index (χ0n) is 13.9. The topological polar surface area (TPSA) is 56.2 Å². The molecule has 26 heavy (non-hydrogen) atoms. The van der Waals surface area contributed by atoms with E-state index in [0.29, 0.717) is 28.6 Å². The molecule has 136 valence electrons. The van der Waals surface area contributed by atoms with Crippen LogP contribution < -0.4 is 15.6 Å². The maximum absolute atomic E-state index is 14.4. The van der Waals surface area contributed by atoms with E-state index < -0.39 is 5.82 Å². The summed E-state index contributed by atoms with van der Waals surface area (Å²) in [4.78, 5) is 16.9. The number of halogens is 2. The Hall–Kier alpha value is -1.77. The summed E-state index contributed by atoms with van der Waals surface area (Å²) in [6.07, 6.45) is 4.60. The molecule has 1 atom stereocenters. The highest BCUT2D eigenvalue weighted by molar-refractivity contribution is 9.11. The van der Waals surface area contributed by atoms with E-state index in [1.165, 1.54) is 34.7 Å². The molecule has 0 aliphatic carbocycles. The van der Waals surface area contributed by atoms with Crippen LogP contribution in [0, 0.1) is 5.82 Å². The molecule has 1 N–H and O–H groups in total. The van der Waals surface area contributed by atoms with Crippen LogP contribution in [-0.4, -0.2) is 28.7 Å². The largest absolute Gasteiger partial charge is 0.490 e. The average molecular weight is 438 g/mol. The van der Waals surface area contributed by atoms with Crippen molar-refractivity contribution in [1.29, 1.82) is 0 Å². The molecule has 1 aromatic carbocycles. The van der Waals surface area contributed by atoms with Crippen LogP contribution in [0.3, 0.4) is 0 Å². The van der Waals surface area contributed by atoms with Crippen LogP contribution in [0.25, 0.3) is 15.9 Å². The van der Waals surface area contributed by atoms with Gasteiger partial charge in [-0.1, -0.05) is 0 Å². The molecule has 0 amide bonds. The van der Waals surface area contributed by atoms with Gasteiger partial charge in [0.2, 0.25) is 0 Å². The highest BCUT2D eigenvalue weighted by Crippen LogP contribution is 2.26. The van der Waals surface area contributed by atoms with Gasteiger partial charge in [-0.15, -0.1) is 11.3 Å². The van der Waals surface area contributed by atoms with Gasteiger partial charge in [0.05, 0.1) is 21.6 Å². The standard InChI is InChI=1S/C18H17BrFN3O2S/c19-16-9-14-17(26-16)18(24)23(10-22-14)12-3-4-15(13(20)8-12)25-7-5-11-2-1-6-21-11/h3-4,8-11,21H,1-2,5-7H2. The van der Waals surface area contributed by atoms with Gasteiger partial charge in [-0.25, -0.2) is 9.37 Å². The summed E-state index contributed by atoms with van der Waals surface area (Å²) >= 11 is 4.67. The number of nitrogens with zero attached hydrogens (tertiary/aromatic N) is 2. The van der Waals surface area contributed by atoms with Crippen molar-refractivity contribution in [3.63, 3.8) is 0 Å². The first-order valence-corrected chi connectivity index (χ1v) is 10.1. The van der Waals surface area contributed by atoms with Gasteiger partial charge in [0, 0.05) is 12.1 Å². The molecule has 1 aliphatic rings. The van der Waals surface area contributed by atoms with Crippen LogP contribution in [0.4, 0.5) is 4.39 Å². The van der Waals surface area contributed by atoms with Crippen molar-refractivity contribution in [1.82, 2.24) is 14.9 Å². The van der Waals surface area contributed by atoms with E-state index in [9.17, 15) is 9.18 Å². The van der Waals surface area contributed by atoms with E-state index in [-0.39, 0.29) is 11.3 Å². The van der Waals surface area contributed by atoms with Crippen LogP contribution >= 0.6 is 27.3 Å². The van der Waals surface area contributed by atoms with Gasteiger partial charge in [0.25, 0.3) is 5.56 Å². The Morgan fingerprint density at radius 2 is 2.31 bits per heavy atom. The quantitative estimate of drug-likeness (QED) is 0.657. The highest BCUT2D eigenvalue weighted by Gasteiger charge is 2.15. The average Bonchev–Trinajstić information content (AvgIpc) is 3.26. The predicted octanol–water partition coefficient (Wildman–Crippen LogP) is 3.87. The molecule has 2 aromatic heterocycles. The van der Waals surface area contributed by atoms with Crippen LogP contribution in [0.15, 0.2) is 39.2 Å². The zero-order chi connectivity index (χ0) is 18.1. The number of hydrogen-bond acceptors (Lipinski definition) is 5. The van der Waals surface area contributed by atoms with Crippen LogP contribution in [0.1, 0.15) is 19.3 Å². The lowest BCUT2D eigenvalue weighted by atomic mass is 10.2. The first-order valence-electron chi connectivity index (χ1n) is 8.44. The molecule has 4 rings (SSSR count). The Labute approximate surface area is 162 Å². The van der Waals surface area contributed by atoms with Gasteiger partial charge in [-0.05, 0) is 59.9 Å². The molecule has 5 nitrogen and oxygen atoms in total. The molecular formula is C18H17BrFN3O2S. The van der Waals surface area contributed by atoms with Crippen LogP contribution in [0.2, 0.25) is 0 Å². The van der Waals surface area contributed by atoms with Crippen molar-refractivity contribution in [3.05, 3.63) is 50.6 Å². The van der Waals surface area contributed by atoms with E-state index in [1.807, 2.05) is 0 Å². The highest BCUT2D eigenvalue weighted by atomic mass is 79.9. The van der Waals surface area contributed by atoms with Crippen molar-refractivity contribution in [2.45, 2.75) is 25.3 Å². The first kappa shape index (κ1) is 17.6. The van der Waals surface area contributed by atoms with E-state index in [2.05, 4.69) is 26.2 Å². The van der Waals surface area contributed by atoms with Crippen molar-refractivity contribution in [3.8, 4) is 11.4 Å². The molecule has 1 unspecified atom stereocenters. The number of fused-ring (bicyclic) bond motifs is 1. The summed E-state index contributed by atoms with van der Waals surface area (Å²) in [6.45, 7) is 1.51. The minimum Gasteiger partial charge on any atom is -0.490 e. The van der Waals surface area contributed by atoms with Crippen LogP contribution in [0.5, 0.6) is 5.75 Å². The number of hydrogen-bond donors (Lipinski definition) is 1. The fourth-order valence-electron chi connectivity index (χ4n) is 3.14. The van der Waals surface area contributed by atoms with Gasteiger partial charge < -0.3 is 10.1 Å². The molecule has 0 saturated carbocycles. The number of benzene rings is 1. The number of rotatable bonds is 5. The van der Waals surface area contributed by atoms with Crippen molar-refractivity contribution < 1.29 is 9.13 Å². The second kappa shape index (κ2) is 7.46. The SMILES string of the molecule is O=c1c2sc(Br)cc2ncn1-c1ccc(OCCC2CCCN2)c(F)c1. The van der Waals surface area contributed by atoms with Gasteiger partial charge in [0.1, 0.15) is 11.0 Å². The predicted molar refractivity (Wildman–Crippen MR) is 104 cm³/mol. The number of thiophene rings is 1. The van der Waals surface area contributed by atoms with E-state index in [1.54, 1.807) is 18.2 Å². The summed E-state index contributed by atoms with van der Waals surface area (Å²) in [5, 5.41) is 3.39. The molecule has 1 fully saturated rings. The number of nitrogens with one attached hydrogen (secondary N) is 1. The third-order valence-electron chi connectivity index (χ3n) is 4.49. The fraction of sp³-hybridized carbons (Fsp3) is 0.333. The van der Waals surface area contributed by atoms with Gasteiger partial charge in [0.15, 0.2) is 11.6 Å². The Morgan fingerprint density at radius 1 is 1.42 bits per heavy atom. The lowest BCUT2D eigenvalue weighted by molar-refractivity contribution is 0.279. The lowest BCUT2D eigenvalue weighted by Crippen LogP contribution is -2.23. The maximum Gasteiger partial charge on any atom is 0.275 e. The lowest BCUT2D eigenvalue weighted by Gasteiger charge is -2.12. The Morgan fingerprint density at radius 3 is 3.08 bits per heavy atom. The summed E-state index contributed by atoms with van der Waals surface area (Å²) in [5.74, 6) is -0.283. The number of aromatic nitrogens is 2. The molecule has 3 heterocycles. The monoisotopic (exact) mass is 437 g/mol. The van der Waals surface area contributed by atoms with Crippen LogP contribution in [-0.2, 0) is 0 Å². The van der Waals surface area contributed by atoms with Gasteiger partial charge in [-0.2, -0.15) is 0 Å². The second-order valence-electron chi connectivity index (χ2n) is 6.23. The third-order valence-corrected chi connectivity index (χ3v) is 6.10. The minimum absolute atomic E-state index is 0.202. The smallest absolute Gasteiger partial charge is 0.275 e. The van der Waals surface area contributed by atoms with E-state index >= 15 is 0 Å².